The molecule has 0 bridgehead atoms. The van der Waals surface area contributed by atoms with E-state index in [-0.39, 0.29) is 16.2 Å². The summed E-state index contributed by atoms with van der Waals surface area (Å²) in [6, 6.07) is 10.6. The second-order valence-corrected chi connectivity index (χ2v) is 7.52. The van der Waals surface area contributed by atoms with Crippen LogP contribution in [0.15, 0.2) is 52.2 Å². The number of hydrogen-bond acceptors (Lipinski definition) is 6. The zero-order valence-corrected chi connectivity index (χ0v) is 15.3. The number of nitrogen functional groups attached to an aromatic ring is 1. The Hall–Kier alpha value is -3.00. The normalized spacial score (nSPS) is 11.5. The van der Waals surface area contributed by atoms with E-state index in [1.54, 1.807) is 25.1 Å². The van der Waals surface area contributed by atoms with Gasteiger partial charge in [0.1, 0.15) is 0 Å². The number of ether oxygens (including phenoxy) is 2. The number of benzene rings is 2. The van der Waals surface area contributed by atoms with Gasteiger partial charge in [0.15, 0.2) is 11.5 Å². The van der Waals surface area contributed by atoms with E-state index in [9.17, 15) is 13.2 Å². The standard InChI is InChI=1S/C18H18N2O5S/c1-11-8-12-4-5-13(19)9-15(12)20(18(11)21)26(22,23)14-6-7-16(24-2)17(10-14)25-3/h4-10H,19H2,1-3H3. The minimum atomic E-state index is -4.18. The lowest BCUT2D eigenvalue weighted by Gasteiger charge is -2.14. The number of nitrogens with zero attached hydrogens (tertiary/aromatic N) is 1. The molecule has 136 valence electrons. The van der Waals surface area contributed by atoms with Crippen molar-refractivity contribution in [1.29, 1.82) is 0 Å². The van der Waals surface area contributed by atoms with E-state index >= 15 is 0 Å². The van der Waals surface area contributed by atoms with Crippen molar-refractivity contribution in [3.63, 3.8) is 0 Å². The van der Waals surface area contributed by atoms with E-state index in [2.05, 4.69) is 0 Å². The maximum Gasteiger partial charge on any atom is 0.271 e. The lowest BCUT2D eigenvalue weighted by Crippen LogP contribution is -2.29. The first kappa shape index (κ1) is 17.8. The van der Waals surface area contributed by atoms with Crippen LogP contribution in [0, 0.1) is 6.92 Å². The summed E-state index contributed by atoms with van der Waals surface area (Å²) in [6.07, 6.45) is 0. The third-order valence-electron chi connectivity index (χ3n) is 4.06. The molecular weight excluding hydrogens is 356 g/mol. The summed E-state index contributed by atoms with van der Waals surface area (Å²) < 4.78 is 37.5. The topological polar surface area (TPSA) is 101 Å². The number of hydrogen-bond donors (Lipinski definition) is 1. The Morgan fingerprint density at radius 3 is 2.31 bits per heavy atom. The predicted molar refractivity (Wildman–Crippen MR) is 99.5 cm³/mol. The molecule has 3 aromatic rings. The maximum absolute atomic E-state index is 13.2. The van der Waals surface area contributed by atoms with Crippen molar-refractivity contribution in [2.24, 2.45) is 0 Å². The number of pyridine rings is 1. The van der Waals surface area contributed by atoms with Crippen molar-refractivity contribution in [2.75, 3.05) is 20.0 Å². The number of anilines is 1. The third-order valence-corrected chi connectivity index (χ3v) is 5.75. The van der Waals surface area contributed by atoms with Crippen LogP contribution in [0.3, 0.4) is 0 Å². The highest BCUT2D eigenvalue weighted by atomic mass is 32.2. The van der Waals surface area contributed by atoms with Crippen LogP contribution in [-0.2, 0) is 10.0 Å². The number of rotatable bonds is 4. The maximum atomic E-state index is 13.2. The van der Waals surface area contributed by atoms with Crippen molar-refractivity contribution in [2.45, 2.75) is 11.8 Å². The van der Waals surface area contributed by atoms with E-state index in [0.717, 1.165) is 3.97 Å². The molecule has 26 heavy (non-hydrogen) atoms. The Morgan fingerprint density at radius 1 is 0.962 bits per heavy atom. The molecule has 0 radical (unpaired) electrons. The highest BCUT2D eigenvalue weighted by Crippen LogP contribution is 2.31. The molecule has 0 spiro atoms. The van der Waals surface area contributed by atoms with Gasteiger partial charge in [-0.25, -0.2) is 8.42 Å². The minimum Gasteiger partial charge on any atom is -0.493 e. The fourth-order valence-electron chi connectivity index (χ4n) is 2.74. The predicted octanol–water partition coefficient (Wildman–Crippen LogP) is 2.15. The van der Waals surface area contributed by atoms with Crippen LogP contribution in [-0.4, -0.2) is 26.6 Å². The molecule has 0 atom stereocenters. The highest BCUT2D eigenvalue weighted by molar-refractivity contribution is 7.90. The molecule has 0 unspecified atom stereocenters. The van der Waals surface area contributed by atoms with Crippen LogP contribution in [0.4, 0.5) is 5.69 Å². The molecule has 1 heterocycles. The molecule has 0 aliphatic carbocycles. The molecule has 7 nitrogen and oxygen atoms in total. The zero-order valence-electron chi connectivity index (χ0n) is 14.5. The number of nitrogens with two attached hydrogens (primary N) is 1. The third kappa shape index (κ3) is 2.78. The Morgan fingerprint density at radius 2 is 1.65 bits per heavy atom. The molecule has 3 rings (SSSR count). The van der Waals surface area contributed by atoms with Crippen molar-refractivity contribution in [1.82, 2.24) is 3.97 Å². The van der Waals surface area contributed by atoms with Gasteiger partial charge in [-0.15, -0.1) is 0 Å². The van der Waals surface area contributed by atoms with Gasteiger partial charge < -0.3 is 15.2 Å². The molecule has 0 saturated heterocycles. The smallest absolute Gasteiger partial charge is 0.271 e. The first-order valence-electron chi connectivity index (χ1n) is 7.69. The molecule has 2 N–H and O–H groups in total. The summed E-state index contributed by atoms with van der Waals surface area (Å²) in [5, 5.41) is 0.598. The summed E-state index contributed by atoms with van der Waals surface area (Å²) in [5.41, 5.74) is 6.06. The summed E-state index contributed by atoms with van der Waals surface area (Å²) >= 11 is 0. The van der Waals surface area contributed by atoms with Gasteiger partial charge >= 0.3 is 0 Å². The Bertz CT molecular complexity index is 1170. The van der Waals surface area contributed by atoms with Crippen molar-refractivity contribution < 1.29 is 17.9 Å². The van der Waals surface area contributed by atoms with Crippen LogP contribution in [0.5, 0.6) is 11.5 Å². The van der Waals surface area contributed by atoms with Crippen molar-refractivity contribution in [3.8, 4) is 11.5 Å². The van der Waals surface area contributed by atoms with Gasteiger partial charge in [0.25, 0.3) is 15.6 Å². The van der Waals surface area contributed by atoms with Gasteiger partial charge in [0, 0.05) is 17.3 Å². The summed E-state index contributed by atoms with van der Waals surface area (Å²) in [7, 11) is -1.32. The average Bonchev–Trinajstić information content (AvgIpc) is 2.62. The number of aryl methyl sites for hydroxylation is 1. The SMILES string of the molecule is COc1ccc(S(=O)(=O)n2c(=O)c(C)cc3ccc(N)cc32)cc1OC. The molecule has 0 amide bonds. The van der Waals surface area contributed by atoms with Crippen LogP contribution < -0.4 is 20.8 Å². The van der Waals surface area contributed by atoms with E-state index in [1.165, 1.54) is 38.5 Å². The second-order valence-electron chi connectivity index (χ2n) is 5.74. The molecule has 1 aromatic heterocycles. The molecule has 0 saturated carbocycles. The monoisotopic (exact) mass is 374 g/mol. The Labute approximate surface area is 150 Å². The van der Waals surface area contributed by atoms with E-state index in [1.807, 2.05) is 0 Å². The van der Waals surface area contributed by atoms with Gasteiger partial charge in [-0.05, 0) is 42.6 Å². The quantitative estimate of drug-likeness (QED) is 0.702. The minimum absolute atomic E-state index is 0.0911. The largest absolute Gasteiger partial charge is 0.493 e. The lowest BCUT2D eigenvalue weighted by atomic mass is 10.1. The average molecular weight is 374 g/mol. The van der Waals surface area contributed by atoms with Gasteiger partial charge in [-0.2, -0.15) is 3.97 Å². The molecule has 0 aliphatic heterocycles. The van der Waals surface area contributed by atoms with Gasteiger partial charge in [-0.3, -0.25) is 4.79 Å². The summed E-state index contributed by atoms with van der Waals surface area (Å²) in [5.74, 6) is 0.634. The first-order chi connectivity index (χ1) is 12.3. The number of methoxy groups -OCH3 is 2. The molecule has 0 aliphatic rings. The fraction of sp³-hybridized carbons (Fsp3) is 0.167. The summed E-state index contributed by atoms with van der Waals surface area (Å²) in [6.45, 7) is 1.57. The molecule has 2 aromatic carbocycles. The van der Waals surface area contributed by atoms with Gasteiger partial charge in [-0.1, -0.05) is 6.07 Å². The van der Waals surface area contributed by atoms with Crippen molar-refractivity contribution >= 4 is 26.6 Å². The Kier molecular flexibility index (Phi) is 4.37. The van der Waals surface area contributed by atoms with Gasteiger partial charge in [0.05, 0.1) is 24.6 Å². The van der Waals surface area contributed by atoms with Crippen LogP contribution in [0.2, 0.25) is 0 Å². The highest BCUT2D eigenvalue weighted by Gasteiger charge is 2.24. The molecule has 8 heteroatoms. The van der Waals surface area contributed by atoms with Crippen LogP contribution in [0.25, 0.3) is 10.9 Å². The number of aromatic nitrogens is 1. The van der Waals surface area contributed by atoms with Gasteiger partial charge in [0.2, 0.25) is 0 Å². The van der Waals surface area contributed by atoms with Crippen LogP contribution >= 0.6 is 0 Å². The Balaban J connectivity index is 2.37. The van der Waals surface area contributed by atoms with E-state index < -0.39 is 15.6 Å². The van der Waals surface area contributed by atoms with E-state index in [4.69, 9.17) is 15.2 Å². The first-order valence-corrected chi connectivity index (χ1v) is 9.13. The molecule has 0 fully saturated rings. The van der Waals surface area contributed by atoms with Crippen molar-refractivity contribution in [3.05, 3.63) is 58.4 Å². The van der Waals surface area contributed by atoms with E-state index in [0.29, 0.717) is 22.4 Å². The second kappa shape index (κ2) is 6.38. The lowest BCUT2D eigenvalue weighted by molar-refractivity contribution is 0.354. The number of fused-ring (bicyclic) bond motifs is 1. The molecular formula is C18H18N2O5S. The summed E-state index contributed by atoms with van der Waals surface area (Å²) in [4.78, 5) is 12.6. The zero-order chi connectivity index (χ0) is 19.1. The fourth-order valence-corrected chi connectivity index (χ4v) is 4.23. The van der Waals surface area contributed by atoms with Crippen LogP contribution in [0.1, 0.15) is 5.56 Å².